The van der Waals surface area contributed by atoms with Gasteiger partial charge in [0.2, 0.25) is 0 Å². The lowest BCUT2D eigenvalue weighted by atomic mass is 9.98. The second kappa shape index (κ2) is 7.46. The molecule has 1 aromatic carbocycles. The second-order valence-electron chi connectivity index (χ2n) is 5.96. The first-order chi connectivity index (χ1) is 10.1. The summed E-state index contributed by atoms with van der Waals surface area (Å²) in [5, 5.41) is 3.20. The fraction of sp³-hybridized carbons (Fsp3) is 0.588. The Labute approximate surface area is 127 Å². The van der Waals surface area contributed by atoms with Crippen molar-refractivity contribution < 1.29 is 9.53 Å². The van der Waals surface area contributed by atoms with E-state index in [9.17, 15) is 4.79 Å². The van der Waals surface area contributed by atoms with Crippen molar-refractivity contribution >= 4 is 5.91 Å². The van der Waals surface area contributed by atoms with Gasteiger partial charge in [-0.2, -0.15) is 0 Å². The summed E-state index contributed by atoms with van der Waals surface area (Å²) < 4.78 is 5.72. The van der Waals surface area contributed by atoms with Crippen LogP contribution in [0.3, 0.4) is 0 Å². The van der Waals surface area contributed by atoms with Gasteiger partial charge in [0, 0.05) is 13.1 Å². The molecule has 1 aromatic rings. The Morgan fingerprint density at radius 1 is 1.43 bits per heavy atom. The molecule has 116 valence electrons. The molecule has 4 nitrogen and oxygen atoms in total. The van der Waals surface area contributed by atoms with Gasteiger partial charge in [0.05, 0.1) is 0 Å². The molecule has 0 aromatic heterocycles. The van der Waals surface area contributed by atoms with Gasteiger partial charge in [0.1, 0.15) is 5.75 Å². The third-order valence-corrected chi connectivity index (χ3v) is 4.06. The van der Waals surface area contributed by atoms with Crippen LogP contribution in [0.4, 0.5) is 0 Å². The largest absolute Gasteiger partial charge is 0.483 e. The summed E-state index contributed by atoms with van der Waals surface area (Å²) in [5.74, 6) is 1.47. The van der Waals surface area contributed by atoms with Gasteiger partial charge < -0.3 is 15.0 Å². The van der Waals surface area contributed by atoms with Crippen molar-refractivity contribution in [1.82, 2.24) is 10.2 Å². The number of likely N-dealkylation sites (tertiary alicyclic amines) is 1. The number of carbonyl (C=O) groups excluding carboxylic acids is 1. The first-order valence-corrected chi connectivity index (χ1v) is 7.72. The molecule has 1 amide bonds. The number of aryl methyl sites for hydroxylation is 2. The van der Waals surface area contributed by atoms with Gasteiger partial charge >= 0.3 is 0 Å². The summed E-state index contributed by atoms with van der Waals surface area (Å²) in [6, 6.07) is 6.07. The van der Waals surface area contributed by atoms with E-state index in [0.29, 0.717) is 5.92 Å². The highest BCUT2D eigenvalue weighted by molar-refractivity contribution is 5.78. The molecule has 0 bridgehead atoms. The first kappa shape index (κ1) is 15.8. The number of benzene rings is 1. The van der Waals surface area contributed by atoms with Crippen LogP contribution in [0.5, 0.6) is 5.75 Å². The molecule has 4 heteroatoms. The fourth-order valence-electron chi connectivity index (χ4n) is 2.84. The molecule has 2 rings (SSSR count). The van der Waals surface area contributed by atoms with Gasteiger partial charge in [-0.15, -0.1) is 0 Å². The Bertz CT molecular complexity index is 486. The van der Waals surface area contributed by atoms with Crippen LogP contribution >= 0.6 is 0 Å². The molecule has 0 spiro atoms. The lowest BCUT2D eigenvalue weighted by molar-refractivity contribution is -0.135. The molecule has 0 radical (unpaired) electrons. The van der Waals surface area contributed by atoms with Crippen LogP contribution in [0, 0.1) is 19.8 Å². The van der Waals surface area contributed by atoms with Gasteiger partial charge in [0.25, 0.3) is 5.91 Å². The zero-order chi connectivity index (χ0) is 15.2. The molecule has 1 fully saturated rings. The van der Waals surface area contributed by atoms with E-state index in [2.05, 4.69) is 11.4 Å². The normalized spacial score (nSPS) is 18.6. The molecular formula is C17H26N2O2. The lowest BCUT2D eigenvalue weighted by Gasteiger charge is -2.32. The topological polar surface area (TPSA) is 41.6 Å². The highest BCUT2D eigenvalue weighted by Crippen LogP contribution is 2.20. The number of nitrogens with zero attached hydrogens (tertiary/aromatic N) is 1. The van der Waals surface area contributed by atoms with Crippen LogP contribution < -0.4 is 10.1 Å². The van der Waals surface area contributed by atoms with Crippen LogP contribution in [0.25, 0.3) is 0 Å². The molecule has 1 N–H and O–H groups in total. The van der Waals surface area contributed by atoms with Gasteiger partial charge in [-0.25, -0.2) is 0 Å². The predicted molar refractivity (Wildman–Crippen MR) is 84.6 cm³/mol. The molecule has 0 aliphatic carbocycles. The van der Waals surface area contributed by atoms with Crippen LogP contribution in [0.1, 0.15) is 24.0 Å². The van der Waals surface area contributed by atoms with E-state index in [1.165, 1.54) is 6.42 Å². The fourth-order valence-corrected chi connectivity index (χ4v) is 2.84. The average Bonchev–Trinajstić information content (AvgIpc) is 2.48. The number of hydrogen-bond acceptors (Lipinski definition) is 3. The number of carbonyl (C=O) groups is 1. The number of rotatable bonds is 5. The van der Waals surface area contributed by atoms with E-state index in [1.807, 2.05) is 37.9 Å². The van der Waals surface area contributed by atoms with Crippen molar-refractivity contribution in [2.45, 2.75) is 26.7 Å². The predicted octanol–water partition coefficient (Wildman–Crippen LogP) is 2.14. The third-order valence-electron chi connectivity index (χ3n) is 4.06. The van der Waals surface area contributed by atoms with Gasteiger partial charge in [-0.3, -0.25) is 4.79 Å². The van der Waals surface area contributed by atoms with Crippen molar-refractivity contribution in [3.63, 3.8) is 0 Å². The minimum Gasteiger partial charge on any atom is -0.483 e. The number of piperidine rings is 1. The SMILES string of the molecule is CNC[C@H]1CCCN(C(=O)COc2cc(C)ccc2C)C1. The zero-order valence-corrected chi connectivity index (χ0v) is 13.3. The molecule has 0 unspecified atom stereocenters. The maximum absolute atomic E-state index is 12.3. The molecule has 1 aliphatic rings. The molecular weight excluding hydrogens is 264 g/mol. The molecule has 21 heavy (non-hydrogen) atoms. The summed E-state index contributed by atoms with van der Waals surface area (Å²) in [5.41, 5.74) is 2.22. The highest BCUT2D eigenvalue weighted by Gasteiger charge is 2.23. The molecule has 1 saturated heterocycles. The molecule has 1 atom stereocenters. The van der Waals surface area contributed by atoms with Crippen LogP contribution in [-0.2, 0) is 4.79 Å². The van der Waals surface area contributed by atoms with Crippen molar-refractivity contribution in [3.8, 4) is 5.75 Å². The summed E-state index contributed by atoms with van der Waals surface area (Å²) in [6.45, 7) is 6.84. The van der Waals surface area contributed by atoms with Crippen LogP contribution in [0.15, 0.2) is 18.2 Å². The second-order valence-corrected chi connectivity index (χ2v) is 5.96. The minimum absolute atomic E-state index is 0.0942. The summed E-state index contributed by atoms with van der Waals surface area (Å²) >= 11 is 0. The van der Waals surface area contributed by atoms with Crippen molar-refractivity contribution in [3.05, 3.63) is 29.3 Å². The monoisotopic (exact) mass is 290 g/mol. The number of ether oxygens (including phenoxy) is 1. The van der Waals surface area contributed by atoms with E-state index >= 15 is 0 Å². The number of hydrogen-bond donors (Lipinski definition) is 1. The quantitative estimate of drug-likeness (QED) is 0.903. The van der Waals surface area contributed by atoms with Crippen molar-refractivity contribution in [2.75, 3.05) is 33.3 Å². The highest BCUT2D eigenvalue weighted by atomic mass is 16.5. The van der Waals surface area contributed by atoms with E-state index in [4.69, 9.17) is 4.74 Å². The Balaban J connectivity index is 1.88. The lowest BCUT2D eigenvalue weighted by Crippen LogP contribution is -2.44. The first-order valence-electron chi connectivity index (χ1n) is 7.72. The smallest absolute Gasteiger partial charge is 0.260 e. The van der Waals surface area contributed by atoms with Crippen molar-refractivity contribution in [1.29, 1.82) is 0 Å². The Hall–Kier alpha value is -1.55. The summed E-state index contributed by atoms with van der Waals surface area (Å²) in [6.07, 6.45) is 2.28. The number of nitrogens with one attached hydrogen (secondary N) is 1. The Morgan fingerprint density at radius 3 is 3.00 bits per heavy atom. The van der Waals surface area contributed by atoms with E-state index < -0.39 is 0 Å². The average molecular weight is 290 g/mol. The van der Waals surface area contributed by atoms with Crippen LogP contribution in [-0.4, -0.2) is 44.1 Å². The zero-order valence-electron chi connectivity index (χ0n) is 13.3. The molecule has 1 aliphatic heterocycles. The van der Waals surface area contributed by atoms with E-state index in [0.717, 1.165) is 42.9 Å². The Kier molecular flexibility index (Phi) is 5.62. The maximum atomic E-state index is 12.3. The maximum Gasteiger partial charge on any atom is 0.260 e. The van der Waals surface area contributed by atoms with Gasteiger partial charge in [-0.1, -0.05) is 12.1 Å². The van der Waals surface area contributed by atoms with Gasteiger partial charge in [0.15, 0.2) is 6.61 Å². The molecule has 0 saturated carbocycles. The van der Waals surface area contributed by atoms with E-state index in [-0.39, 0.29) is 12.5 Å². The standard InChI is InChI=1S/C17H26N2O2/c1-13-6-7-14(2)16(9-13)21-12-17(20)19-8-4-5-15(11-19)10-18-3/h6-7,9,15,18H,4-5,8,10-12H2,1-3H3/t15-/m1/s1. The van der Waals surface area contributed by atoms with E-state index in [1.54, 1.807) is 0 Å². The Morgan fingerprint density at radius 2 is 2.24 bits per heavy atom. The summed E-state index contributed by atoms with van der Waals surface area (Å²) in [4.78, 5) is 14.2. The third kappa shape index (κ3) is 4.46. The minimum atomic E-state index is 0.0942. The van der Waals surface area contributed by atoms with Crippen molar-refractivity contribution in [2.24, 2.45) is 5.92 Å². The summed E-state index contributed by atoms with van der Waals surface area (Å²) in [7, 11) is 1.96. The van der Waals surface area contributed by atoms with Gasteiger partial charge in [-0.05, 0) is 63.4 Å². The van der Waals surface area contributed by atoms with Crippen LogP contribution in [0.2, 0.25) is 0 Å². The molecule has 1 heterocycles. The number of amides is 1.